The third-order valence-corrected chi connectivity index (χ3v) is 2.83. The molecule has 1 heterocycles. The first-order chi connectivity index (χ1) is 9.22. The van der Waals surface area contributed by atoms with E-state index in [1.54, 1.807) is 20.5 Å². The smallest absolute Gasteiger partial charge is 0.146 e. The number of methoxy groups -OCH3 is 2. The molecule has 1 N–H and O–H groups in total. The fourth-order valence-corrected chi connectivity index (χ4v) is 1.75. The van der Waals surface area contributed by atoms with Crippen LogP contribution in [0.4, 0.5) is 0 Å². The largest absolute Gasteiger partial charge is 0.497 e. The second-order valence-electron chi connectivity index (χ2n) is 4.18. The van der Waals surface area contributed by atoms with Crippen LogP contribution in [0.2, 0.25) is 0 Å². The van der Waals surface area contributed by atoms with Gasteiger partial charge in [-0.3, -0.25) is 0 Å². The molecule has 0 aliphatic heterocycles. The minimum atomic E-state index is 0.663. The second-order valence-corrected chi connectivity index (χ2v) is 4.18. The zero-order chi connectivity index (χ0) is 13.7. The molecule has 0 saturated heterocycles. The van der Waals surface area contributed by atoms with Crippen LogP contribution >= 0.6 is 0 Å². The highest BCUT2D eigenvalue weighted by atomic mass is 16.5. The molecule has 2 aromatic rings. The molecule has 0 radical (unpaired) electrons. The normalized spacial score (nSPS) is 10.5. The van der Waals surface area contributed by atoms with Gasteiger partial charge in [-0.25, -0.2) is 0 Å². The fourth-order valence-electron chi connectivity index (χ4n) is 1.75. The van der Waals surface area contributed by atoms with Crippen LogP contribution in [0, 0.1) is 0 Å². The van der Waals surface area contributed by atoms with Crippen molar-refractivity contribution in [1.82, 2.24) is 20.1 Å². The molecule has 0 atom stereocenters. The van der Waals surface area contributed by atoms with Crippen LogP contribution < -0.4 is 14.8 Å². The van der Waals surface area contributed by atoms with Crippen molar-refractivity contribution < 1.29 is 9.47 Å². The van der Waals surface area contributed by atoms with Crippen molar-refractivity contribution in [2.24, 2.45) is 7.05 Å². The Labute approximate surface area is 112 Å². The van der Waals surface area contributed by atoms with Gasteiger partial charge < -0.3 is 19.4 Å². The van der Waals surface area contributed by atoms with E-state index in [-0.39, 0.29) is 0 Å². The number of hydrogen-bond donors (Lipinski definition) is 1. The standard InChI is InChI=1S/C13H18N4O2/c1-17-9-15-16-13(17)8-14-7-10-4-11(18-2)6-12(5-10)19-3/h4-6,9,14H,7-8H2,1-3H3. The van der Waals surface area contributed by atoms with Gasteiger partial charge in [0.1, 0.15) is 23.7 Å². The SMILES string of the molecule is COc1cc(CNCc2nncn2C)cc(OC)c1. The molecule has 0 aliphatic rings. The minimum Gasteiger partial charge on any atom is -0.497 e. The maximum absolute atomic E-state index is 5.23. The van der Waals surface area contributed by atoms with Gasteiger partial charge in [0.15, 0.2) is 0 Å². The Bertz CT molecular complexity index is 517. The summed E-state index contributed by atoms with van der Waals surface area (Å²) in [6.45, 7) is 1.37. The molecule has 1 aromatic heterocycles. The maximum atomic E-state index is 5.23. The monoisotopic (exact) mass is 262 g/mol. The lowest BCUT2D eigenvalue weighted by atomic mass is 10.2. The van der Waals surface area contributed by atoms with E-state index in [1.807, 2.05) is 29.8 Å². The first-order valence-electron chi connectivity index (χ1n) is 5.98. The molecule has 0 bridgehead atoms. The summed E-state index contributed by atoms with van der Waals surface area (Å²) in [4.78, 5) is 0. The third-order valence-electron chi connectivity index (χ3n) is 2.83. The molecule has 0 fully saturated rings. The molecule has 0 amide bonds. The zero-order valence-electron chi connectivity index (χ0n) is 11.4. The third kappa shape index (κ3) is 3.45. The Morgan fingerprint density at radius 1 is 1.11 bits per heavy atom. The second kappa shape index (κ2) is 6.19. The molecular weight excluding hydrogens is 244 g/mol. The van der Waals surface area contributed by atoms with E-state index in [2.05, 4.69) is 15.5 Å². The zero-order valence-corrected chi connectivity index (χ0v) is 11.4. The van der Waals surface area contributed by atoms with E-state index in [4.69, 9.17) is 9.47 Å². The Morgan fingerprint density at radius 3 is 2.32 bits per heavy atom. The molecule has 102 valence electrons. The van der Waals surface area contributed by atoms with Crippen molar-refractivity contribution in [2.75, 3.05) is 14.2 Å². The number of nitrogens with zero attached hydrogens (tertiary/aromatic N) is 3. The summed E-state index contributed by atoms with van der Waals surface area (Å²) in [7, 11) is 5.21. The lowest BCUT2D eigenvalue weighted by molar-refractivity contribution is 0.393. The van der Waals surface area contributed by atoms with Crippen LogP contribution in [0.15, 0.2) is 24.5 Å². The average molecular weight is 262 g/mol. The maximum Gasteiger partial charge on any atom is 0.146 e. The van der Waals surface area contributed by atoms with Gasteiger partial charge >= 0.3 is 0 Å². The van der Waals surface area contributed by atoms with Gasteiger partial charge in [-0.05, 0) is 17.7 Å². The van der Waals surface area contributed by atoms with Crippen LogP contribution in [0.1, 0.15) is 11.4 Å². The van der Waals surface area contributed by atoms with Gasteiger partial charge in [0, 0.05) is 19.7 Å². The molecular formula is C13H18N4O2. The number of benzene rings is 1. The molecule has 0 unspecified atom stereocenters. The van der Waals surface area contributed by atoms with Gasteiger partial charge in [-0.1, -0.05) is 0 Å². The predicted octanol–water partition coefficient (Wildman–Crippen LogP) is 1.12. The summed E-state index contributed by atoms with van der Waals surface area (Å²) >= 11 is 0. The Balaban J connectivity index is 1.97. The number of aromatic nitrogens is 3. The van der Waals surface area contributed by atoms with E-state index in [1.165, 1.54) is 0 Å². The lowest BCUT2D eigenvalue weighted by Gasteiger charge is -2.09. The number of ether oxygens (including phenoxy) is 2. The molecule has 0 saturated carbocycles. The molecule has 0 aliphatic carbocycles. The van der Waals surface area contributed by atoms with E-state index in [0.29, 0.717) is 13.1 Å². The van der Waals surface area contributed by atoms with Crippen molar-refractivity contribution in [3.63, 3.8) is 0 Å². The summed E-state index contributed by atoms with van der Waals surface area (Å²) in [5.74, 6) is 2.47. The molecule has 1 aromatic carbocycles. The summed E-state index contributed by atoms with van der Waals surface area (Å²) in [5.41, 5.74) is 1.10. The molecule has 6 heteroatoms. The Kier molecular flexibility index (Phi) is 4.35. The molecule has 0 spiro atoms. The van der Waals surface area contributed by atoms with Gasteiger partial charge in [0.2, 0.25) is 0 Å². The number of rotatable bonds is 6. The topological polar surface area (TPSA) is 61.2 Å². The Hall–Kier alpha value is -2.08. The van der Waals surface area contributed by atoms with E-state index in [9.17, 15) is 0 Å². The molecule has 2 rings (SSSR count). The van der Waals surface area contributed by atoms with Crippen molar-refractivity contribution in [3.05, 3.63) is 35.9 Å². The quantitative estimate of drug-likeness (QED) is 0.845. The van der Waals surface area contributed by atoms with Crippen molar-refractivity contribution >= 4 is 0 Å². The van der Waals surface area contributed by atoms with Crippen LogP contribution in [0.25, 0.3) is 0 Å². The van der Waals surface area contributed by atoms with E-state index >= 15 is 0 Å². The predicted molar refractivity (Wildman–Crippen MR) is 71.1 cm³/mol. The summed E-state index contributed by atoms with van der Waals surface area (Å²) in [5, 5.41) is 11.2. The molecule has 19 heavy (non-hydrogen) atoms. The summed E-state index contributed by atoms with van der Waals surface area (Å²) in [6.07, 6.45) is 1.69. The molecule has 6 nitrogen and oxygen atoms in total. The van der Waals surface area contributed by atoms with Gasteiger partial charge in [0.25, 0.3) is 0 Å². The highest BCUT2D eigenvalue weighted by Gasteiger charge is 2.03. The van der Waals surface area contributed by atoms with Crippen molar-refractivity contribution in [3.8, 4) is 11.5 Å². The van der Waals surface area contributed by atoms with Crippen LogP contribution in [0.3, 0.4) is 0 Å². The first kappa shape index (κ1) is 13.4. The van der Waals surface area contributed by atoms with Crippen LogP contribution in [-0.2, 0) is 20.1 Å². The summed E-state index contributed by atoms with van der Waals surface area (Å²) in [6, 6.07) is 5.81. The average Bonchev–Trinajstić information content (AvgIpc) is 2.84. The highest BCUT2D eigenvalue weighted by Crippen LogP contribution is 2.22. The minimum absolute atomic E-state index is 0.663. The number of nitrogens with one attached hydrogen (secondary N) is 1. The van der Waals surface area contributed by atoms with E-state index in [0.717, 1.165) is 22.9 Å². The van der Waals surface area contributed by atoms with Crippen LogP contribution in [0.5, 0.6) is 11.5 Å². The Morgan fingerprint density at radius 2 is 1.79 bits per heavy atom. The van der Waals surface area contributed by atoms with Gasteiger partial charge in [-0.2, -0.15) is 0 Å². The van der Waals surface area contributed by atoms with Crippen molar-refractivity contribution in [2.45, 2.75) is 13.1 Å². The van der Waals surface area contributed by atoms with E-state index < -0.39 is 0 Å². The first-order valence-corrected chi connectivity index (χ1v) is 5.98. The fraction of sp³-hybridized carbons (Fsp3) is 0.385. The van der Waals surface area contributed by atoms with Gasteiger partial charge in [-0.15, -0.1) is 10.2 Å². The van der Waals surface area contributed by atoms with Crippen molar-refractivity contribution in [1.29, 1.82) is 0 Å². The summed E-state index contributed by atoms with van der Waals surface area (Å²) < 4.78 is 12.4. The number of hydrogen-bond acceptors (Lipinski definition) is 5. The highest BCUT2D eigenvalue weighted by molar-refractivity contribution is 5.38. The lowest BCUT2D eigenvalue weighted by Crippen LogP contribution is -2.15. The van der Waals surface area contributed by atoms with Gasteiger partial charge in [0.05, 0.1) is 20.8 Å². The van der Waals surface area contributed by atoms with Crippen LogP contribution in [-0.4, -0.2) is 29.0 Å². The number of aryl methyl sites for hydroxylation is 1.